The summed E-state index contributed by atoms with van der Waals surface area (Å²) in [6, 6.07) is 11.6. The molecule has 0 spiro atoms. The molecule has 144 valence electrons. The van der Waals surface area contributed by atoms with Gasteiger partial charge in [-0.25, -0.2) is 4.79 Å². The Kier molecular flexibility index (Phi) is 7.06. The van der Waals surface area contributed by atoms with E-state index in [-0.39, 0.29) is 5.57 Å². The van der Waals surface area contributed by atoms with Crippen LogP contribution in [0.1, 0.15) is 15.9 Å². The van der Waals surface area contributed by atoms with Crippen molar-refractivity contribution in [3.8, 4) is 29.1 Å². The largest absolute Gasteiger partial charge is 0.493 e. The molecule has 0 atom stereocenters. The van der Waals surface area contributed by atoms with Gasteiger partial charge < -0.3 is 24.6 Å². The van der Waals surface area contributed by atoms with Crippen LogP contribution in [0.3, 0.4) is 0 Å². The number of aliphatic carboxylic acids is 1. The van der Waals surface area contributed by atoms with Crippen molar-refractivity contribution in [1.29, 1.82) is 0 Å². The fourth-order valence-electron chi connectivity index (χ4n) is 2.25. The molecule has 0 aliphatic heterocycles. The summed E-state index contributed by atoms with van der Waals surface area (Å²) in [7, 11) is 4.42. The number of carboxylic acid groups (broad SMARTS) is 1. The number of carbonyl (C=O) groups excluding carboxylic acids is 1. The molecule has 7 heteroatoms. The summed E-state index contributed by atoms with van der Waals surface area (Å²) in [6.07, 6.45) is 1.06. The normalized spacial score (nSPS) is 10.3. The molecular weight excluding hydrogens is 362 g/mol. The summed E-state index contributed by atoms with van der Waals surface area (Å²) < 4.78 is 15.7. The SMILES string of the molecule is COc1cc(C#C/C(=C\NC(=O)c2ccccc2)C(=O)O)cc(OC)c1OC. The highest BCUT2D eigenvalue weighted by atomic mass is 16.5. The van der Waals surface area contributed by atoms with Crippen LogP contribution >= 0.6 is 0 Å². The van der Waals surface area contributed by atoms with Gasteiger partial charge in [0.25, 0.3) is 5.91 Å². The van der Waals surface area contributed by atoms with Gasteiger partial charge in [0, 0.05) is 17.3 Å². The molecule has 28 heavy (non-hydrogen) atoms. The Morgan fingerprint density at radius 3 is 2.11 bits per heavy atom. The van der Waals surface area contributed by atoms with E-state index in [1.165, 1.54) is 21.3 Å². The van der Waals surface area contributed by atoms with Crippen molar-refractivity contribution in [3.63, 3.8) is 0 Å². The molecule has 0 saturated heterocycles. The second kappa shape index (κ2) is 9.69. The number of amides is 1. The fourth-order valence-corrected chi connectivity index (χ4v) is 2.25. The number of methoxy groups -OCH3 is 3. The van der Waals surface area contributed by atoms with Gasteiger partial charge in [-0.2, -0.15) is 0 Å². The van der Waals surface area contributed by atoms with Crippen LogP contribution < -0.4 is 19.5 Å². The molecule has 0 heterocycles. The maximum atomic E-state index is 12.0. The van der Waals surface area contributed by atoms with Gasteiger partial charge in [-0.1, -0.05) is 30.0 Å². The van der Waals surface area contributed by atoms with Gasteiger partial charge in [0.15, 0.2) is 11.5 Å². The number of carbonyl (C=O) groups is 2. The number of nitrogens with one attached hydrogen (secondary N) is 1. The first kappa shape index (κ1) is 20.4. The molecule has 2 aromatic rings. The highest BCUT2D eigenvalue weighted by Gasteiger charge is 2.12. The minimum atomic E-state index is -1.27. The quantitative estimate of drug-likeness (QED) is 0.590. The molecule has 0 aliphatic carbocycles. The Labute approximate surface area is 162 Å². The minimum Gasteiger partial charge on any atom is -0.493 e. The van der Waals surface area contributed by atoms with Gasteiger partial charge in [-0.15, -0.1) is 0 Å². The smallest absolute Gasteiger partial charge is 0.345 e. The number of benzene rings is 2. The number of rotatable bonds is 6. The molecule has 7 nitrogen and oxygen atoms in total. The monoisotopic (exact) mass is 381 g/mol. The van der Waals surface area contributed by atoms with E-state index < -0.39 is 11.9 Å². The summed E-state index contributed by atoms with van der Waals surface area (Å²) in [5, 5.41) is 11.8. The lowest BCUT2D eigenvalue weighted by Crippen LogP contribution is -2.18. The molecule has 0 radical (unpaired) electrons. The highest BCUT2D eigenvalue weighted by Crippen LogP contribution is 2.37. The fraction of sp³-hybridized carbons (Fsp3) is 0.143. The first-order valence-corrected chi connectivity index (χ1v) is 8.11. The van der Waals surface area contributed by atoms with Crippen LogP contribution in [0.15, 0.2) is 54.2 Å². The van der Waals surface area contributed by atoms with E-state index in [9.17, 15) is 14.7 Å². The van der Waals surface area contributed by atoms with Gasteiger partial charge in [-0.3, -0.25) is 4.79 Å². The zero-order chi connectivity index (χ0) is 20.5. The number of carboxylic acids is 1. The Balaban J connectivity index is 2.30. The van der Waals surface area contributed by atoms with Gasteiger partial charge in [-0.05, 0) is 24.3 Å². The van der Waals surface area contributed by atoms with Gasteiger partial charge >= 0.3 is 5.97 Å². The van der Waals surface area contributed by atoms with Crippen LogP contribution in [0.25, 0.3) is 0 Å². The molecule has 0 aliphatic rings. The molecular formula is C21H19NO6. The standard InChI is InChI=1S/C21H19NO6/c1-26-17-11-14(12-18(27-2)19(17)28-3)9-10-16(21(24)25)13-22-20(23)15-7-5-4-6-8-15/h4-8,11-13H,1-3H3,(H,22,23)(H,24,25)/b16-13+. The molecule has 0 fully saturated rings. The first-order chi connectivity index (χ1) is 13.5. The average Bonchev–Trinajstić information content (AvgIpc) is 2.72. The van der Waals surface area contributed by atoms with Gasteiger partial charge in [0.2, 0.25) is 5.75 Å². The van der Waals surface area contributed by atoms with E-state index in [4.69, 9.17) is 14.2 Å². The summed E-state index contributed by atoms with van der Waals surface area (Å²) in [5.74, 6) is 4.73. The molecule has 0 saturated carbocycles. The molecule has 2 rings (SSSR count). The number of hydrogen-bond acceptors (Lipinski definition) is 5. The predicted molar refractivity (Wildman–Crippen MR) is 103 cm³/mol. The summed E-state index contributed by atoms with van der Waals surface area (Å²) >= 11 is 0. The van der Waals surface area contributed by atoms with Crippen molar-refractivity contribution in [2.24, 2.45) is 0 Å². The van der Waals surface area contributed by atoms with Crippen LogP contribution in [0.4, 0.5) is 0 Å². The Morgan fingerprint density at radius 1 is 1.00 bits per heavy atom. The third-order valence-electron chi connectivity index (χ3n) is 3.62. The van der Waals surface area contributed by atoms with E-state index in [1.807, 2.05) is 0 Å². The van der Waals surface area contributed by atoms with Crippen LogP contribution in [0, 0.1) is 11.8 Å². The molecule has 0 unspecified atom stereocenters. The molecule has 2 aromatic carbocycles. The zero-order valence-electron chi connectivity index (χ0n) is 15.6. The van der Waals surface area contributed by atoms with E-state index in [1.54, 1.807) is 42.5 Å². The van der Waals surface area contributed by atoms with Crippen LogP contribution in [0.2, 0.25) is 0 Å². The van der Waals surface area contributed by atoms with Crippen molar-refractivity contribution >= 4 is 11.9 Å². The van der Waals surface area contributed by atoms with Crippen molar-refractivity contribution in [2.45, 2.75) is 0 Å². The maximum absolute atomic E-state index is 12.0. The Morgan fingerprint density at radius 2 is 1.61 bits per heavy atom. The van der Waals surface area contributed by atoms with Crippen molar-refractivity contribution < 1.29 is 28.9 Å². The van der Waals surface area contributed by atoms with E-state index in [0.29, 0.717) is 28.4 Å². The zero-order valence-corrected chi connectivity index (χ0v) is 15.6. The van der Waals surface area contributed by atoms with E-state index in [0.717, 1.165) is 6.20 Å². The highest BCUT2D eigenvalue weighted by molar-refractivity contribution is 5.97. The summed E-state index contributed by atoms with van der Waals surface area (Å²) in [4.78, 5) is 23.5. The third kappa shape index (κ3) is 5.05. The number of ether oxygens (including phenoxy) is 3. The molecule has 1 amide bonds. The second-order valence-corrected chi connectivity index (χ2v) is 5.37. The lowest BCUT2D eigenvalue weighted by Gasteiger charge is -2.12. The first-order valence-electron chi connectivity index (χ1n) is 8.11. The van der Waals surface area contributed by atoms with E-state index in [2.05, 4.69) is 17.2 Å². The van der Waals surface area contributed by atoms with Crippen LogP contribution in [0.5, 0.6) is 17.2 Å². The second-order valence-electron chi connectivity index (χ2n) is 5.37. The van der Waals surface area contributed by atoms with Gasteiger partial charge in [0.05, 0.1) is 21.3 Å². The van der Waals surface area contributed by atoms with Crippen LogP contribution in [-0.2, 0) is 4.79 Å². The predicted octanol–water partition coefficient (Wildman–Crippen LogP) is 2.46. The summed E-state index contributed by atoms with van der Waals surface area (Å²) in [5.41, 5.74) is 0.579. The third-order valence-corrected chi connectivity index (χ3v) is 3.62. The van der Waals surface area contributed by atoms with Crippen molar-refractivity contribution in [2.75, 3.05) is 21.3 Å². The van der Waals surface area contributed by atoms with Crippen molar-refractivity contribution in [3.05, 3.63) is 65.4 Å². The van der Waals surface area contributed by atoms with Crippen molar-refractivity contribution in [1.82, 2.24) is 5.32 Å². The maximum Gasteiger partial charge on any atom is 0.345 e. The molecule has 0 aromatic heterocycles. The molecule has 2 N–H and O–H groups in total. The van der Waals surface area contributed by atoms with Gasteiger partial charge in [0.1, 0.15) is 5.57 Å². The van der Waals surface area contributed by atoms with E-state index >= 15 is 0 Å². The molecule has 0 bridgehead atoms. The topological polar surface area (TPSA) is 94.1 Å². The lowest BCUT2D eigenvalue weighted by molar-refractivity contribution is -0.132. The van der Waals surface area contributed by atoms with Crippen LogP contribution in [-0.4, -0.2) is 38.3 Å². The number of hydrogen-bond donors (Lipinski definition) is 2. The Bertz CT molecular complexity index is 929. The average molecular weight is 381 g/mol. The summed E-state index contributed by atoms with van der Waals surface area (Å²) in [6.45, 7) is 0. The Hall–Kier alpha value is -3.92. The minimum absolute atomic E-state index is 0.280. The lowest BCUT2D eigenvalue weighted by atomic mass is 10.1.